The maximum Gasteiger partial charge on any atom is 0.220 e. The van der Waals surface area contributed by atoms with Crippen LogP contribution >= 0.6 is 0 Å². The fraction of sp³-hybridized carbons (Fsp3) is 0.900. The van der Waals surface area contributed by atoms with Crippen molar-refractivity contribution in [3.05, 3.63) is 0 Å². The lowest BCUT2D eigenvalue weighted by Crippen LogP contribution is -2.43. The normalized spacial score (nSPS) is 37.8. The zero-order chi connectivity index (χ0) is 9.47. The van der Waals surface area contributed by atoms with E-state index >= 15 is 0 Å². The van der Waals surface area contributed by atoms with Gasteiger partial charge in [0.25, 0.3) is 0 Å². The maximum absolute atomic E-state index is 11.3. The minimum atomic E-state index is -0.0773. The van der Waals surface area contributed by atoms with Gasteiger partial charge in [-0.2, -0.15) is 0 Å². The molecule has 1 amide bonds. The number of ether oxygens (including phenoxy) is 1. The summed E-state index contributed by atoms with van der Waals surface area (Å²) in [5, 5.41) is 3.00. The SMILES string of the molecule is CC1(C)NC(=O)CC1C1CCCO1. The first-order valence-corrected chi connectivity index (χ1v) is 5.02. The quantitative estimate of drug-likeness (QED) is 0.660. The van der Waals surface area contributed by atoms with Crippen LogP contribution in [0.2, 0.25) is 0 Å². The molecule has 0 saturated carbocycles. The van der Waals surface area contributed by atoms with Crippen LogP contribution in [-0.4, -0.2) is 24.2 Å². The van der Waals surface area contributed by atoms with Gasteiger partial charge in [0.2, 0.25) is 5.91 Å². The predicted molar refractivity (Wildman–Crippen MR) is 49.3 cm³/mol. The molecule has 2 aliphatic rings. The van der Waals surface area contributed by atoms with Crippen molar-refractivity contribution in [1.29, 1.82) is 0 Å². The molecule has 2 aliphatic heterocycles. The van der Waals surface area contributed by atoms with Gasteiger partial charge >= 0.3 is 0 Å². The van der Waals surface area contributed by atoms with Crippen LogP contribution in [0.15, 0.2) is 0 Å². The van der Waals surface area contributed by atoms with Crippen LogP contribution in [0.25, 0.3) is 0 Å². The van der Waals surface area contributed by atoms with E-state index in [9.17, 15) is 4.79 Å². The summed E-state index contributed by atoms with van der Waals surface area (Å²) in [6, 6.07) is 0. The summed E-state index contributed by atoms with van der Waals surface area (Å²) in [5.74, 6) is 0.535. The Labute approximate surface area is 78.8 Å². The van der Waals surface area contributed by atoms with Crippen molar-refractivity contribution in [2.45, 2.75) is 44.8 Å². The maximum atomic E-state index is 11.3. The molecule has 2 fully saturated rings. The first kappa shape index (κ1) is 9.00. The number of hydrogen-bond donors (Lipinski definition) is 1. The summed E-state index contributed by atoms with van der Waals surface area (Å²) in [6.07, 6.45) is 3.19. The molecule has 1 N–H and O–H groups in total. The minimum absolute atomic E-state index is 0.0773. The van der Waals surface area contributed by atoms with Crippen LogP contribution in [0.1, 0.15) is 33.1 Å². The highest BCUT2D eigenvalue weighted by Crippen LogP contribution is 2.35. The fourth-order valence-corrected chi connectivity index (χ4v) is 2.47. The topological polar surface area (TPSA) is 38.3 Å². The van der Waals surface area contributed by atoms with E-state index in [2.05, 4.69) is 19.2 Å². The van der Waals surface area contributed by atoms with Crippen LogP contribution in [0.5, 0.6) is 0 Å². The lowest BCUT2D eigenvalue weighted by Gasteiger charge is -2.30. The largest absolute Gasteiger partial charge is 0.378 e. The third kappa shape index (κ3) is 1.57. The molecule has 0 aromatic carbocycles. The Bertz CT molecular complexity index is 219. The number of hydrogen-bond acceptors (Lipinski definition) is 2. The van der Waals surface area contributed by atoms with Gasteiger partial charge in [0.05, 0.1) is 6.10 Å². The van der Waals surface area contributed by atoms with Gasteiger partial charge in [-0.3, -0.25) is 4.79 Å². The minimum Gasteiger partial charge on any atom is -0.378 e. The molecule has 0 bridgehead atoms. The Morgan fingerprint density at radius 1 is 1.54 bits per heavy atom. The second-order valence-electron chi connectivity index (χ2n) is 4.63. The Balaban J connectivity index is 2.09. The average Bonchev–Trinajstić information content (AvgIpc) is 2.56. The molecule has 0 radical (unpaired) electrons. The van der Waals surface area contributed by atoms with E-state index < -0.39 is 0 Å². The molecule has 0 aromatic rings. The molecule has 2 unspecified atom stereocenters. The summed E-state index contributed by atoms with van der Waals surface area (Å²) in [6.45, 7) is 5.04. The van der Waals surface area contributed by atoms with E-state index in [1.165, 1.54) is 0 Å². The van der Waals surface area contributed by atoms with E-state index in [1.54, 1.807) is 0 Å². The molecule has 74 valence electrons. The van der Waals surface area contributed by atoms with Gasteiger partial charge < -0.3 is 10.1 Å². The van der Waals surface area contributed by atoms with Crippen molar-refractivity contribution in [1.82, 2.24) is 5.32 Å². The molecule has 2 rings (SSSR count). The number of amides is 1. The van der Waals surface area contributed by atoms with Gasteiger partial charge in [-0.25, -0.2) is 0 Å². The second-order valence-corrected chi connectivity index (χ2v) is 4.63. The first-order valence-electron chi connectivity index (χ1n) is 5.02. The second kappa shape index (κ2) is 2.98. The van der Waals surface area contributed by atoms with Gasteiger partial charge in [-0.05, 0) is 26.7 Å². The Morgan fingerprint density at radius 3 is 2.77 bits per heavy atom. The number of rotatable bonds is 1. The molecule has 3 heteroatoms. The van der Waals surface area contributed by atoms with Crippen LogP contribution in [0, 0.1) is 5.92 Å². The lowest BCUT2D eigenvalue weighted by atomic mass is 9.83. The van der Waals surface area contributed by atoms with Crippen molar-refractivity contribution in [2.24, 2.45) is 5.92 Å². The van der Waals surface area contributed by atoms with Crippen molar-refractivity contribution in [3.63, 3.8) is 0 Å². The summed E-state index contributed by atoms with van der Waals surface area (Å²) in [5.41, 5.74) is -0.0773. The van der Waals surface area contributed by atoms with Crippen molar-refractivity contribution in [2.75, 3.05) is 6.61 Å². The van der Waals surface area contributed by atoms with Crippen molar-refractivity contribution < 1.29 is 9.53 Å². The molecule has 3 nitrogen and oxygen atoms in total. The average molecular weight is 183 g/mol. The predicted octanol–water partition coefficient (Wildman–Crippen LogP) is 1.08. The Kier molecular flexibility index (Phi) is 2.06. The molecular weight excluding hydrogens is 166 g/mol. The van der Waals surface area contributed by atoms with E-state index in [1.807, 2.05) is 0 Å². The Morgan fingerprint density at radius 2 is 2.31 bits per heavy atom. The third-order valence-electron chi connectivity index (χ3n) is 3.21. The van der Waals surface area contributed by atoms with Gasteiger partial charge in [0, 0.05) is 24.5 Å². The Hall–Kier alpha value is -0.570. The molecule has 13 heavy (non-hydrogen) atoms. The fourth-order valence-electron chi connectivity index (χ4n) is 2.47. The van der Waals surface area contributed by atoms with Crippen molar-refractivity contribution >= 4 is 5.91 Å². The van der Waals surface area contributed by atoms with Crippen molar-refractivity contribution in [3.8, 4) is 0 Å². The zero-order valence-electron chi connectivity index (χ0n) is 8.30. The van der Waals surface area contributed by atoms with Crippen LogP contribution in [-0.2, 0) is 9.53 Å². The van der Waals surface area contributed by atoms with E-state index in [0.717, 1.165) is 19.4 Å². The van der Waals surface area contributed by atoms with E-state index in [-0.39, 0.29) is 11.4 Å². The highest BCUT2D eigenvalue weighted by atomic mass is 16.5. The monoisotopic (exact) mass is 183 g/mol. The lowest BCUT2D eigenvalue weighted by molar-refractivity contribution is -0.119. The van der Waals surface area contributed by atoms with E-state index in [0.29, 0.717) is 18.4 Å². The summed E-state index contributed by atoms with van der Waals surface area (Å²) in [7, 11) is 0. The molecule has 2 heterocycles. The number of carbonyl (C=O) groups excluding carboxylic acids is 1. The highest BCUT2D eigenvalue weighted by Gasteiger charge is 2.44. The standard InChI is InChI=1S/C10H17NO2/c1-10(2)7(6-9(12)11-10)8-4-3-5-13-8/h7-8H,3-6H2,1-2H3,(H,11,12). The van der Waals surface area contributed by atoms with Gasteiger partial charge in [-0.15, -0.1) is 0 Å². The summed E-state index contributed by atoms with van der Waals surface area (Å²) in [4.78, 5) is 11.3. The molecule has 0 aliphatic carbocycles. The molecule has 2 saturated heterocycles. The van der Waals surface area contributed by atoms with Gasteiger partial charge in [0.15, 0.2) is 0 Å². The summed E-state index contributed by atoms with van der Waals surface area (Å²) >= 11 is 0. The molecular formula is C10H17NO2. The highest BCUT2D eigenvalue weighted by molar-refractivity contribution is 5.80. The smallest absolute Gasteiger partial charge is 0.220 e. The molecule has 0 spiro atoms. The van der Waals surface area contributed by atoms with Crippen LogP contribution in [0.4, 0.5) is 0 Å². The number of carbonyl (C=O) groups is 1. The number of nitrogens with one attached hydrogen (secondary N) is 1. The zero-order valence-corrected chi connectivity index (χ0v) is 8.30. The van der Waals surface area contributed by atoms with Gasteiger partial charge in [-0.1, -0.05) is 0 Å². The van der Waals surface area contributed by atoms with Crippen LogP contribution < -0.4 is 5.32 Å². The van der Waals surface area contributed by atoms with Crippen LogP contribution in [0.3, 0.4) is 0 Å². The third-order valence-corrected chi connectivity index (χ3v) is 3.21. The van der Waals surface area contributed by atoms with Gasteiger partial charge in [0.1, 0.15) is 0 Å². The summed E-state index contributed by atoms with van der Waals surface area (Å²) < 4.78 is 5.63. The molecule has 0 aromatic heterocycles. The molecule has 2 atom stereocenters. The first-order chi connectivity index (χ1) is 6.09. The van der Waals surface area contributed by atoms with E-state index in [4.69, 9.17) is 4.74 Å².